The molecule has 33 heavy (non-hydrogen) atoms. The van der Waals surface area contributed by atoms with Gasteiger partial charge in [-0.1, -0.05) is 18.2 Å². The number of amides is 1. The molecule has 0 saturated carbocycles. The van der Waals surface area contributed by atoms with Crippen LogP contribution in [0.25, 0.3) is 5.76 Å². The Labute approximate surface area is 195 Å². The Kier molecular flexibility index (Phi) is 6.37. The lowest BCUT2D eigenvalue weighted by Gasteiger charge is -2.24. The Morgan fingerprint density at radius 3 is 2.42 bits per heavy atom. The molecule has 2 aromatic carbocycles. The average molecular weight is 466 g/mol. The zero-order valence-electron chi connectivity index (χ0n) is 18.4. The second-order valence-corrected chi connectivity index (χ2v) is 8.34. The fourth-order valence-electron chi connectivity index (χ4n) is 3.89. The number of aliphatic hydroxyl groups excluding tert-OH is 1. The molecule has 1 aromatic heterocycles. The third-order valence-corrected chi connectivity index (χ3v) is 6.42. The van der Waals surface area contributed by atoms with Crippen molar-refractivity contribution in [2.75, 3.05) is 21.3 Å². The van der Waals surface area contributed by atoms with Gasteiger partial charge in [0.15, 0.2) is 11.5 Å². The number of thiophene rings is 1. The number of methoxy groups -OCH3 is 3. The maximum Gasteiger partial charge on any atom is 0.295 e. The van der Waals surface area contributed by atoms with Gasteiger partial charge in [0.1, 0.15) is 11.5 Å². The molecule has 0 spiro atoms. The molecule has 0 bridgehead atoms. The lowest BCUT2D eigenvalue weighted by Crippen LogP contribution is -2.28. The van der Waals surface area contributed by atoms with Crippen molar-refractivity contribution in [1.82, 2.24) is 4.90 Å². The average Bonchev–Trinajstić information content (AvgIpc) is 3.46. The molecule has 7 nitrogen and oxygen atoms in total. The second-order valence-electron chi connectivity index (χ2n) is 7.36. The highest BCUT2D eigenvalue weighted by molar-refractivity contribution is 7.10. The van der Waals surface area contributed by atoms with Crippen LogP contribution in [-0.4, -0.2) is 43.0 Å². The van der Waals surface area contributed by atoms with Crippen LogP contribution in [0.2, 0.25) is 0 Å². The number of nitrogens with zero attached hydrogens (tertiary/aromatic N) is 1. The smallest absolute Gasteiger partial charge is 0.295 e. The topological polar surface area (TPSA) is 85.3 Å². The van der Waals surface area contributed by atoms with Gasteiger partial charge in [-0.15, -0.1) is 11.3 Å². The van der Waals surface area contributed by atoms with E-state index >= 15 is 0 Å². The first kappa shape index (κ1) is 22.4. The minimum absolute atomic E-state index is 0.0394. The van der Waals surface area contributed by atoms with E-state index in [1.54, 1.807) is 25.3 Å². The van der Waals surface area contributed by atoms with Gasteiger partial charge in [-0.25, -0.2) is 0 Å². The molecule has 1 N–H and O–H groups in total. The first-order chi connectivity index (χ1) is 16.0. The van der Waals surface area contributed by atoms with E-state index in [1.165, 1.54) is 30.5 Å². The number of aliphatic hydroxyl groups is 1. The number of likely N-dealkylation sites (tertiary alicyclic amines) is 1. The van der Waals surface area contributed by atoms with Crippen molar-refractivity contribution in [1.29, 1.82) is 0 Å². The van der Waals surface area contributed by atoms with Gasteiger partial charge in [-0.3, -0.25) is 9.59 Å². The first-order valence-corrected chi connectivity index (χ1v) is 11.0. The van der Waals surface area contributed by atoms with Crippen LogP contribution in [0.5, 0.6) is 17.2 Å². The minimum Gasteiger partial charge on any atom is -0.507 e. The van der Waals surface area contributed by atoms with E-state index in [2.05, 4.69) is 0 Å². The molecular formula is C25H23NO6S. The van der Waals surface area contributed by atoms with Crippen LogP contribution < -0.4 is 14.2 Å². The van der Waals surface area contributed by atoms with Crippen molar-refractivity contribution in [2.45, 2.75) is 12.6 Å². The number of hydrogen-bond acceptors (Lipinski definition) is 7. The molecule has 1 amide bonds. The SMILES string of the molecule is COc1cccc(CN2C(=O)C(=O)/C(=C(\O)c3ccc(OC)c(OC)c3)C2c2cccs2)c1. The van der Waals surface area contributed by atoms with Crippen molar-refractivity contribution in [3.63, 3.8) is 0 Å². The molecule has 1 fully saturated rings. The number of hydrogen-bond donors (Lipinski definition) is 1. The van der Waals surface area contributed by atoms with E-state index in [1.807, 2.05) is 41.8 Å². The summed E-state index contributed by atoms with van der Waals surface area (Å²) < 4.78 is 15.9. The van der Waals surface area contributed by atoms with Gasteiger partial charge < -0.3 is 24.2 Å². The zero-order chi connectivity index (χ0) is 23.5. The van der Waals surface area contributed by atoms with Crippen LogP contribution in [0.4, 0.5) is 0 Å². The van der Waals surface area contributed by atoms with Gasteiger partial charge in [-0.2, -0.15) is 0 Å². The molecule has 4 rings (SSSR count). The van der Waals surface area contributed by atoms with Gasteiger partial charge in [0.05, 0.1) is 32.9 Å². The standard InChI is InChI=1S/C25H23NO6S/c1-30-17-7-4-6-15(12-17)14-26-22(20-8-5-11-33-20)21(24(28)25(26)29)23(27)16-9-10-18(31-2)19(13-16)32-3/h4-13,22,27H,14H2,1-3H3/b23-21-. The van der Waals surface area contributed by atoms with Crippen molar-refractivity contribution in [2.24, 2.45) is 0 Å². The number of rotatable bonds is 7. The Morgan fingerprint density at radius 2 is 1.76 bits per heavy atom. The summed E-state index contributed by atoms with van der Waals surface area (Å²) in [5, 5.41) is 13.1. The molecule has 8 heteroatoms. The predicted octanol–water partition coefficient (Wildman–Crippen LogP) is 4.40. The summed E-state index contributed by atoms with van der Waals surface area (Å²) in [4.78, 5) is 28.5. The Morgan fingerprint density at radius 1 is 0.970 bits per heavy atom. The van der Waals surface area contributed by atoms with Gasteiger partial charge in [0, 0.05) is 17.0 Å². The fraction of sp³-hybridized carbons (Fsp3) is 0.200. The highest BCUT2D eigenvalue weighted by atomic mass is 32.1. The van der Waals surface area contributed by atoms with E-state index in [0.717, 1.165) is 10.4 Å². The Hall–Kier alpha value is -3.78. The van der Waals surface area contributed by atoms with E-state index in [-0.39, 0.29) is 17.9 Å². The molecule has 1 unspecified atom stereocenters. The maximum atomic E-state index is 13.1. The summed E-state index contributed by atoms with van der Waals surface area (Å²) >= 11 is 1.42. The summed E-state index contributed by atoms with van der Waals surface area (Å²) in [6.07, 6.45) is 0. The molecule has 170 valence electrons. The van der Waals surface area contributed by atoms with Crippen molar-refractivity contribution >= 4 is 28.8 Å². The number of Topliss-reactive ketones (excluding diaryl/α,β-unsaturated/α-hetero) is 1. The number of benzene rings is 2. The first-order valence-electron chi connectivity index (χ1n) is 10.2. The third kappa shape index (κ3) is 4.17. The predicted molar refractivity (Wildman–Crippen MR) is 125 cm³/mol. The van der Waals surface area contributed by atoms with Crippen molar-refractivity contribution in [3.8, 4) is 17.2 Å². The number of ether oxygens (including phenoxy) is 3. The third-order valence-electron chi connectivity index (χ3n) is 5.50. The molecular weight excluding hydrogens is 442 g/mol. The molecule has 0 radical (unpaired) electrons. The summed E-state index contributed by atoms with van der Waals surface area (Å²) in [6.45, 7) is 0.188. The molecule has 0 aliphatic carbocycles. The fourth-order valence-corrected chi connectivity index (χ4v) is 4.74. The number of carbonyl (C=O) groups is 2. The van der Waals surface area contributed by atoms with Crippen LogP contribution in [0.1, 0.15) is 22.0 Å². The molecule has 3 aromatic rings. The minimum atomic E-state index is -0.733. The van der Waals surface area contributed by atoms with E-state index in [0.29, 0.717) is 22.8 Å². The largest absolute Gasteiger partial charge is 0.507 e. The highest BCUT2D eigenvalue weighted by Gasteiger charge is 2.46. The van der Waals surface area contributed by atoms with Crippen LogP contribution in [0.15, 0.2) is 65.6 Å². The monoisotopic (exact) mass is 465 g/mol. The normalized spacial score (nSPS) is 17.3. The molecule has 1 aliphatic heterocycles. The quantitative estimate of drug-likeness (QED) is 0.316. The molecule has 1 saturated heterocycles. The van der Waals surface area contributed by atoms with Crippen LogP contribution in [-0.2, 0) is 16.1 Å². The van der Waals surface area contributed by atoms with Crippen LogP contribution in [0.3, 0.4) is 0 Å². The number of carbonyl (C=O) groups excluding carboxylic acids is 2. The van der Waals surface area contributed by atoms with Gasteiger partial charge >= 0.3 is 0 Å². The van der Waals surface area contributed by atoms with Crippen molar-refractivity contribution < 1.29 is 28.9 Å². The van der Waals surface area contributed by atoms with Gasteiger partial charge in [0.25, 0.3) is 11.7 Å². The van der Waals surface area contributed by atoms with E-state index in [9.17, 15) is 14.7 Å². The summed E-state index contributed by atoms with van der Waals surface area (Å²) in [7, 11) is 4.57. The summed E-state index contributed by atoms with van der Waals surface area (Å²) in [6, 6.07) is 15.1. The van der Waals surface area contributed by atoms with Gasteiger partial charge in [-0.05, 0) is 47.3 Å². The zero-order valence-corrected chi connectivity index (χ0v) is 19.2. The summed E-state index contributed by atoms with van der Waals surface area (Å²) in [5.41, 5.74) is 1.20. The van der Waals surface area contributed by atoms with Crippen molar-refractivity contribution in [3.05, 3.63) is 81.6 Å². The van der Waals surface area contributed by atoms with Gasteiger partial charge in [0.2, 0.25) is 0 Å². The lowest BCUT2D eigenvalue weighted by molar-refractivity contribution is -0.140. The Bertz CT molecular complexity index is 1220. The molecule has 1 atom stereocenters. The van der Waals surface area contributed by atoms with E-state index < -0.39 is 17.7 Å². The Balaban J connectivity index is 1.82. The maximum absolute atomic E-state index is 13.1. The lowest BCUT2D eigenvalue weighted by atomic mass is 9.99. The second kappa shape index (κ2) is 9.38. The molecule has 2 heterocycles. The van der Waals surface area contributed by atoms with Crippen LogP contribution >= 0.6 is 11.3 Å². The summed E-state index contributed by atoms with van der Waals surface area (Å²) in [5.74, 6) is -0.119. The highest BCUT2D eigenvalue weighted by Crippen LogP contribution is 2.42. The number of ketones is 1. The van der Waals surface area contributed by atoms with Crippen LogP contribution in [0, 0.1) is 0 Å². The van der Waals surface area contributed by atoms with E-state index in [4.69, 9.17) is 14.2 Å². The molecule has 1 aliphatic rings.